The molecule has 0 bridgehead atoms. The van der Waals surface area contributed by atoms with Crippen LogP contribution < -0.4 is 0 Å². The molecule has 286 valence electrons. The van der Waals surface area contributed by atoms with Crippen LogP contribution in [0.2, 0.25) is 0 Å². The number of hydrogen-bond acceptors (Lipinski definition) is 10. The van der Waals surface area contributed by atoms with E-state index >= 15 is 0 Å². The number of aliphatic hydroxyl groups excluding tert-OH is 1. The van der Waals surface area contributed by atoms with Crippen molar-refractivity contribution in [3.05, 3.63) is 35.9 Å². The number of rotatable bonds is 19. The van der Waals surface area contributed by atoms with Crippen LogP contribution in [0.5, 0.6) is 0 Å². The van der Waals surface area contributed by atoms with Crippen LogP contribution in [0.15, 0.2) is 30.3 Å². The molecule has 0 aliphatic rings. The van der Waals surface area contributed by atoms with Crippen molar-refractivity contribution in [1.29, 1.82) is 0 Å². The van der Waals surface area contributed by atoms with Crippen molar-refractivity contribution in [2.45, 2.75) is 88.7 Å². The monoisotopic (exact) mass is 758 g/mol. The first-order chi connectivity index (χ1) is 22.7. The summed E-state index contributed by atoms with van der Waals surface area (Å²) in [4.78, 5) is 49.3. The molecule has 0 aromatic heterocycles. The van der Waals surface area contributed by atoms with Crippen molar-refractivity contribution in [2.24, 2.45) is 10.8 Å². The Morgan fingerprint density at radius 1 is 0.760 bits per heavy atom. The third-order valence-electron chi connectivity index (χ3n) is 7.18. The third-order valence-corrected chi connectivity index (χ3v) is 7.49. The molecule has 1 aromatic rings. The molecule has 50 heavy (non-hydrogen) atoms. The summed E-state index contributed by atoms with van der Waals surface area (Å²) in [5.74, 6) is -5.81. The second-order valence-corrected chi connectivity index (χ2v) is 13.3. The van der Waals surface area contributed by atoms with Gasteiger partial charge in [-0.15, -0.1) is 11.6 Å². The predicted octanol–water partition coefficient (Wildman–Crippen LogP) is 6.26. The Balaban J connectivity index is 3.16. The number of hydrogen-bond donors (Lipinski definition) is 1. The Kier molecular flexibility index (Phi) is 15.9. The minimum Gasteiger partial charge on any atom is -0.468 e. The zero-order valence-electron chi connectivity index (χ0n) is 27.7. The summed E-state index contributed by atoms with van der Waals surface area (Å²) in [6, 6.07) is 8.59. The van der Waals surface area contributed by atoms with Gasteiger partial charge in [-0.2, -0.15) is 35.1 Å². The SMILES string of the molecule is COC(=O)C(C)(Cl)CC(CC(C)(CC(C)(C)C(=O)OCCOC(=O)C(OC(F)(F)CC(F)(F)F)C(F)(F)F)C(=O)OCCO)c1ccccc1. The number of carbonyl (C=O) groups is 4. The molecule has 0 amide bonds. The lowest BCUT2D eigenvalue weighted by atomic mass is 9.67. The van der Waals surface area contributed by atoms with Gasteiger partial charge in [0.1, 0.15) is 31.1 Å². The van der Waals surface area contributed by atoms with E-state index in [9.17, 15) is 59.4 Å². The molecule has 0 aliphatic carbocycles. The zero-order valence-corrected chi connectivity index (χ0v) is 28.5. The molecule has 0 aliphatic heterocycles. The summed E-state index contributed by atoms with van der Waals surface area (Å²) in [6.45, 7) is 2.55. The summed E-state index contributed by atoms with van der Waals surface area (Å²) in [7, 11) is 1.14. The van der Waals surface area contributed by atoms with Gasteiger partial charge in [-0.05, 0) is 58.4 Å². The van der Waals surface area contributed by atoms with Crippen LogP contribution in [0, 0.1) is 10.8 Å². The van der Waals surface area contributed by atoms with Crippen molar-refractivity contribution < 1.29 is 83.1 Å². The van der Waals surface area contributed by atoms with Gasteiger partial charge in [-0.25, -0.2) is 4.79 Å². The van der Waals surface area contributed by atoms with Crippen molar-refractivity contribution in [3.8, 4) is 0 Å². The number of carbonyl (C=O) groups excluding carboxylic acids is 4. The molecule has 0 spiro atoms. The van der Waals surface area contributed by atoms with Gasteiger partial charge in [-0.3, -0.25) is 19.1 Å². The van der Waals surface area contributed by atoms with E-state index in [1.807, 2.05) is 0 Å². The highest BCUT2D eigenvalue weighted by atomic mass is 35.5. The van der Waals surface area contributed by atoms with Crippen LogP contribution in [0.3, 0.4) is 0 Å². The number of halogens is 9. The van der Waals surface area contributed by atoms with Crippen LogP contribution in [-0.4, -0.2) is 92.0 Å². The number of alkyl halides is 9. The summed E-state index contributed by atoms with van der Waals surface area (Å²) in [5.41, 5.74) is -2.47. The van der Waals surface area contributed by atoms with Gasteiger partial charge in [0.05, 0.1) is 24.5 Å². The molecule has 1 aromatic carbocycles. The third kappa shape index (κ3) is 14.5. The molecule has 4 unspecified atom stereocenters. The summed E-state index contributed by atoms with van der Waals surface area (Å²) in [5, 5.41) is 9.23. The van der Waals surface area contributed by atoms with E-state index < -0.39 is 103 Å². The van der Waals surface area contributed by atoms with Gasteiger partial charge in [0.25, 0.3) is 6.10 Å². The zero-order chi connectivity index (χ0) is 38.8. The van der Waals surface area contributed by atoms with E-state index in [0.29, 0.717) is 5.56 Å². The Hall–Kier alpha value is -3.25. The van der Waals surface area contributed by atoms with E-state index in [0.717, 1.165) is 7.11 Å². The van der Waals surface area contributed by atoms with Crippen molar-refractivity contribution in [3.63, 3.8) is 0 Å². The van der Waals surface area contributed by atoms with Crippen LogP contribution in [0.1, 0.15) is 64.9 Å². The van der Waals surface area contributed by atoms with E-state index in [1.54, 1.807) is 30.3 Å². The van der Waals surface area contributed by atoms with Crippen molar-refractivity contribution in [2.75, 3.05) is 33.5 Å². The van der Waals surface area contributed by atoms with E-state index in [4.69, 9.17) is 25.8 Å². The van der Waals surface area contributed by atoms with Gasteiger partial charge < -0.3 is 24.1 Å². The normalized spacial score (nSPS) is 16.3. The molecule has 0 saturated heterocycles. The largest absolute Gasteiger partial charge is 0.468 e. The van der Waals surface area contributed by atoms with Gasteiger partial charge in [0.15, 0.2) is 0 Å². The average molecular weight is 759 g/mol. The first kappa shape index (κ1) is 44.8. The lowest BCUT2D eigenvalue weighted by Gasteiger charge is -2.38. The maximum atomic E-state index is 13.5. The van der Waals surface area contributed by atoms with Crippen molar-refractivity contribution in [1.82, 2.24) is 0 Å². The van der Waals surface area contributed by atoms with Crippen LogP contribution in [-0.2, 0) is 42.9 Å². The summed E-state index contributed by atoms with van der Waals surface area (Å²) >= 11 is 6.52. The number of esters is 4. The highest BCUT2D eigenvalue weighted by molar-refractivity contribution is 6.33. The minimum atomic E-state index is -5.89. The second kappa shape index (κ2) is 17.8. The molecule has 1 N–H and O–H groups in total. The lowest BCUT2D eigenvalue weighted by molar-refractivity contribution is -0.344. The first-order valence-electron chi connectivity index (χ1n) is 14.8. The van der Waals surface area contributed by atoms with Gasteiger partial charge in [-0.1, -0.05) is 30.3 Å². The standard InChI is InChI=1S/C31H39ClF8O10/c1-26(2,23(43)49-14-13-47-22(42)21(31(38,39)40)50-30(36,37)18-29(33,34)35)17-27(3,24(44)48-12-11-41)15-20(19-9-7-6-8-10-19)16-28(4,32)25(45)46-5/h6-10,20-21,41H,11-18H2,1-5H3. The van der Waals surface area contributed by atoms with Crippen LogP contribution in [0.25, 0.3) is 0 Å². The molecule has 4 atom stereocenters. The number of ether oxygens (including phenoxy) is 5. The highest BCUT2D eigenvalue weighted by Crippen LogP contribution is 2.46. The van der Waals surface area contributed by atoms with Gasteiger partial charge >= 0.3 is 42.3 Å². The van der Waals surface area contributed by atoms with E-state index in [-0.39, 0.29) is 19.3 Å². The molecule has 19 heteroatoms. The molecule has 0 saturated carbocycles. The average Bonchev–Trinajstić information content (AvgIpc) is 2.98. The quantitative estimate of drug-likeness (QED) is 0.0567. The predicted molar refractivity (Wildman–Crippen MR) is 158 cm³/mol. The van der Waals surface area contributed by atoms with E-state index in [1.165, 1.54) is 27.7 Å². The second-order valence-electron chi connectivity index (χ2n) is 12.5. The van der Waals surface area contributed by atoms with E-state index in [2.05, 4.69) is 9.47 Å². The maximum Gasteiger partial charge on any atom is 0.425 e. The Morgan fingerprint density at radius 3 is 1.80 bits per heavy atom. The molecular formula is C31H39ClF8O10. The molecule has 0 radical (unpaired) electrons. The number of aliphatic hydroxyl groups is 1. The Morgan fingerprint density at radius 2 is 1.30 bits per heavy atom. The Labute approximate surface area is 287 Å². The molecule has 0 fully saturated rings. The molecular weight excluding hydrogens is 720 g/mol. The van der Waals surface area contributed by atoms with Crippen molar-refractivity contribution >= 4 is 35.5 Å². The summed E-state index contributed by atoms with van der Waals surface area (Å²) < 4.78 is 126. The maximum absolute atomic E-state index is 13.5. The molecule has 10 nitrogen and oxygen atoms in total. The topological polar surface area (TPSA) is 135 Å². The highest BCUT2D eigenvalue weighted by Gasteiger charge is 2.55. The fourth-order valence-electron chi connectivity index (χ4n) is 5.17. The molecule has 0 heterocycles. The Bertz CT molecular complexity index is 1290. The smallest absolute Gasteiger partial charge is 0.425 e. The molecule has 1 rings (SSSR count). The van der Waals surface area contributed by atoms with Crippen LogP contribution in [0.4, 0.5) is 35.1 Å². The minimum absolute atomic E-state index is 0.0465. The fourth-order valence-corrected chi connectivity index (χ4v) is 5.43. The fraction of sp³-hybridized carbons (Fsp3) is 0.677. The number of benzene rings is 1. The van der Waals surface area contributed by atoms with Gasteiger partial charge in [0, 0.05) is 0 Å². The first-order valence-corrected chi connectivity index (χ1v) is 15.2. The summed E-state index contributed by atoms with van der Waals surface area (Å²) in [6.07, 6.45) is -24.6. The lowest BCUT2D eigenvalue weighted by Crippen LogP contribution is -2.46. The number of methoxy groups -OCH3 is 1. The van der Waals surface area contributed by atoms with Crippen LogP contribution >= 0.6 is 11.6 Å². The van der Waals surface area contributed by atoms with Gasteiger partial charge in [0.2, 0.25) is 0 Å².